The summed E-state index contributed by atoms with van der Waals surface area (Å²) in [7, 11) is 0. The van der Waals surface area contributed by atoms with Gasteiger partial charge in [0.25, 0.3) is 0 Å². The number of hydrogen-bond acceptors (Lipinski definition) is 1. The van der Waals surface area contributed by atoms with Crippen molar-refractivity contribution in [3.05, 3.63) is 34.3 Å². The van der Waals surface area contributed by atoms with Crippen molar-refractivity contribution in [2.75, 3.05) is 0 Å². The molecular formula is C10H9ClO. The lowest BCUT2D eigenvalue weighted by atomic mass is 10.1. The van der Waals surface area contributed by atoms with Crippen molar-refractivity contribution in [1.82, 2.24) is 0 Å². The van der Waals surface area contributed by atoms with Gasteiger partial charge in [0.05, 0.1) is 0 Å². The molecule has 1 nitrogen and oxygen atoms in total. The summed E-state index contributed by atoms with van der Waals surface area (Å²) in [5.74, 6) is 0.389. The van der Waals surface area contributed by atoms with Crippen LogP contribution in [0.2, 0.25) is 5.02 Å². The van der Waals surface area contributed by atoms with E-state index in [9.17, 15) is 4.79 Å². The summed E-state index contributed by atoms with van der Waals surface area (Å²) in [6.45, 7) is 1.95. The standard InChI is InChI=1S/C10H9ClO/c1-6-4-7-5-8(11)2-3-9(7)10(6)12/h2-3,5-6H,4H2,1H3. The van der Waals surface area contributed by atoms with Crippen LogP contribution >= 0.6 is 11.6 Å². The lowest BCUT2D eigenvalue weighted by molar-refractivity contribution is 0.0946. The Labute approximate surface area is 76.4 Å². The first-order valence-corrected chi connectivity index (χ1v) is 4.39. The maximum absolute atomic E-state index is 11.5. The second kappa shape index (κ2) is 2.60. The molecule has 2 heteroatoms. The van der Waals surface area contributed by atoms with Crippen LogP contribution in [0.4, 0.5) is 0 Å². The maximum Gasteiger partial charge on any atom is 0.166 e. The molecule has 0 aromatic heterocycles. The third-order valence-corrected chi connectivity index (χ3v) is 2.54. The third kappa shape index (κ3) is 1.05. The molecule has 0 radical (unpaired) electrons. The molecule has 12 heavy (non-hydrogen) atoms. The fourth-order valence-corrected chi connectivity index (χ4v) is 1.85. The van der Waals surface area contributed by atoms with Gasteiger partial charge >= 0.3 is 0 Å². The number of carbonyl (C=O) groups is 1. The Balaban J connectivity index is 2.54. The number of fused-ring (bicyclic) bond motifs is 1. The Hall–Kier alpha value is -0.820. The van der Waals surface area contributed by atoms with E-state index < -0.39 is 0 Å². The van der Waals surface area contributed by atoms with Crippen molar-refractivity contribution < 1.29 is 4.79 Å². The van der Waals surface area contributed by atoms with Gasteiger partial charge in [-0.2, -0.15) is 0 Å². The molecule has 1 aliphatic rings. The van der Waals surface area contributed by atoms with Crippen molar-refractivity contribution in [3.63, 3.8) is 0 Å². The normalized spacial score (nSPS) is 21.2. The maximum atomic E-state index is 11.5. The van der Waals surface area contributed by atoms with Gasteiger partial charge < -0.3 is 0 Å². The monoisotopic (exact) mass is 180 g/mol. The molecule has 0 aliphatic heterocycles. The predicted octanol–water partition coefficient (Wildman–Crippen LogP) is 2.71. The highest BCUT2D eigenvalue weighted by Gasteiger charge is 2.26. The van der Waals surface area contributed by atoms with Crippen LogP contribution in [0.15, 0.2) is 18.2 Å². The lowest BCUT2D eigenvalue weighted by Crippen LogP contribution is -2.02. The van der Waals surface area contributed by atoms with Crippen molar-refractivity contribution >= 4 is 17.4 Å². The number of carbonyl (C=O) groups excluding carboxylic acids is 1. The van der Waals surface area contributed by atoms with Gasteiger partial charge in [-0.25, -0.2) is 0 Å². The summed E-state index contributed by atoms with van der Waals surface area (Å²) >= 11 is 5.81. The molecule has 0 saturated heterocycles. The highest BCUT2D eigenvalue weighted by molar-refractivity contribution is 6.30. The molecule has 0 fully saturated rings. The summed E-state index contributed by atoms with van der Waals surface area (Å²) in [6.07, 6.45) is 0.842. The minimum Gasteiger partial charge on any atom is -0.294 e. The van der Waals surface area contributed by atoms with E-state index in [0.717, 1.165) is 22.6 Å². The van der Waals surface area contributed by atoms with Crippen LogP contribution < -0.4 is 0 Å². The van der Waals surface area contributed by atoms with Gasteiger partial charge in [-0.15, -0.1) is 0 Å². The molecule has 1 aromatic rings. The number of ketones is 1. The summed E-state index contributed by atoms with van der Waals surface area (Å²) < 4.78 is 0. The van der Waals surface area contributed by atoms with Crippen molar-refractivity contribution in [2.45, 2.75) is 13.3 Å². The molecule has 1 aromatic carbocycles. The fourth-order valence-electron chi connectivity index (χ4n) is 1.66. The average Bonchev–Trinajstić information content (AvgIpc) is 2.28. The number of hydrogen-bond donors (Lipinski definition) is 0. The van der Waals surface area contributed by atoms with E-state index in [1.807, 2.05) is 19.1 Å². The lowest BCUT2D eigenvalue weighted by Gasteiger charge is -1.95. The summed E-state index contributed by atoms with van der Waals surface area (Å²) in [5, 5.41) is 0.718. The second-order valence-electron chi connectivity index (χ2n) is 3.27. The van der Waals surface area contributed by atoms with Gasteiger partial charge in [0.1, 0.15) is 0 Å². The second-order valence-corrected chi connectivity index (χ2v) is 3.71. The van der Waals surface area contributed by atoms with Crippen LogP contribution in [0.25, 0.3) is 0 Å². The smallest absolute Gasteiger partial charge is 0.166 e. The molecule has 0 amide bonds. The first-order valence-electron chi connectivity index (χ1n) is 4.01. The summed E-state index contributed by atoms with van der Waals surface area (Å²) in [4.78, 5) is 11.5. The molecular weight excluding hydrogens is 172 g/mol. The third-order valence-electron chi connectivity index (χ3n) is 2.31. The van der Waals surface area contributed by atoms with Crippen LogP contribution in [0.1, 0.15) is 22.8 Å². The first-order chi connectivity index (χ1) is 5.68. The Kier molecular flexibility index (Phi) is 1.69. The number of halogens is 1. The SMILES string of the molecule is CC1Cc2cc(Cl)ccc2C1=O. The van der Waals surface area contributed by atoms with Crippen molar-refractivity contribution in [1.29, 1.82) is 0 Å². The van der Waals surface area contributed by atoms with Crippen LogP contribution in [-0.2, 0) is 6.42 Å². The Morgan fingerprint density at radius 2 is 2.25 bits per heavy atom. The summed E-state index contributed by atoms with van der Waals surface area (Å²) in [5.41, 5.74) is 1.95. The van der Waals surface area contributed by atoms with E-state index in [-0.39, 0.29) is 11.7 Å². The van der Waals surface area contributed by atoms with E-state index in [1.165, 1.54) is 0 Å². The van der Waals surface area contributed by atoms with E-state index in [0.29, 0.717) is 0 Å². The Bertz CT molecular complexity index is 344. The number of Topliss-reactive ketones (excluding diaryl/α,β-unsaturated/α-hetero) is 1. The van der Waals surface area contributed by atoms with Crippen molar-refractivity contribution in [3.8, 4) is 0 Å². The van der Waals surface area contributed by atoms with Gasteiger partial charge in [0.2, 0.25) is 0 Å². The quantitative estimate of drug-likeness (QED) is 0.600. The molecule has 1 atom stereocenters. The van der Waals surface area contributed by atoms with Gasteiger partial charge in [0.15, 0.2) is 5.78 Å². The molecule has 0 heterocycles. The largest absolute Gasteiger partial charge is 0.294 e. The van der Waals surface area contributed by atoms with Gasteiger partial charge in [-0.3, -0.25) is 4.79 Å². The van der Waals surface area contributed by atoms with Gasteiger partial charge in [-0.05, 0) is 30.2 Å². The Morgan fingerprint density at radius 1 is 1.50 bits per heavy atom. The molecule has 2 rings (SSSR count). The zero-order chi connectivity index (χ0) is 8.72. The minimum absolute atomic E-state index is 0.137. The summed E-state index contributed by atoms with van der Waals surface area (Å²) in [6, 6.07) is 5.48. The molecule has 62 valence electrons. The highest BCUT2D eigenvalue weighted by Crippen LogP contribution is 2.28. The molecule has 0 spiro atoms. The van der Waals surface area contributed by atoms with Gasteiger partial charge in [-0.1, -0.05) is 18.5 Å². The Morgan fingerprint density at radius 3 is 3.00 bits per heavy atom. The minimum atomic E-state index is 0.137. The predicted molar refractivity (Wildman–Crippen MR) is 48.7 cm³/mol. The average molecular weight is 181 g/mol. The van der Waals surface area contributed by atoms with Crippen LogP contribution in [0.3, 0.4) is 0 Å². The van der Waals surface area contributed by atoms with Crippen molar-refractivity contribution in [2.24, 2.45) is 5.92 Å². The molecule has 1 aliphatic carbocycles. The van der Waals surface area contributed by atoms with Crippen LogP contribution in [0, 0.1) is 5.92 Å². The van der Waals surface area contributed by atoms with Crippen LogP contribution in [0.5, 0.6) is 0 Å². The topological polar surface area (TPSA) is 17.1 Å². The zero-order valence-corrected chi connectivity index (χ0v) is 7.56. The van der Waals surface area contributed by atoms with E-state index in [1.54, 1.807) is 6.07 Å². The highest BCUT2D eigenvalue weighted by atomic mass is 35.5. The molecule has 1 unspecified atom stereocenters. The van der Waals surface area contributed by atoms with E-state index >= 15 is 0 Å². The molecule has 0 bridgehead atoms. The number of benzene rings is 1. The molecule has 0 N–H and O–H groups in total. The van der Waals surface area contributed by atoms with Gasteiger partial charge in [0, 0.05) is 16.5 Å². The van der Waals surface area contributed by atoms with E-state index in [4.69, 9.17) is 11.6 Å². The number of rotatable bonds is 0. The molecule has 0 saturated carbocycles. The van der Waals surface area contributed by atoms with E-state index in [2.05, 4.69) is 0 Å². The zero-order valence-electron chi connectivity index (χ0n) is 6.80. The first kappa shape index (κ1) is 7.81. The fraction of sp³-hybridized carbons (Fsp3) is 0.300. The van der Waals surface area contributed by atoms with Crippen LogP contribution in [-0.4, -0.2) is 5.78 Å².